The van der Waals surface area contributed by atoms with Crippen molar-refractivity contribution in [1.82, 2.24) is 0 Å². The number of anilines is 1. The minimum absolute atomic E-state index is 0.542. The maximum atomic E-state index is 5.81. The van der Waals surface area contributed by atoms with Crippen molar-refractivity contribution in [2.24, 2.45) is 0 Å². The van der Waals surface area contributed by atoms with Crippen LogP contribution in [0.25, 0.3) is 0 Å². The highest BCUT2D eigenvalue weighted by Crippen LogP contribution is 2.20. The smallest absolute Gasteiger partial charge is 0.0722 e. The molecule has 0 bridgehead atoms. The van der Waals surface area contributed by atoms with Crippen molar-refractivity contribution in [3.05, 3.63) is 63.1 Å². The molecule has 18 heavy (non-hydrogen) atoms. The first-order valence-electron chi connectivity index (χ1n) is 5.51. The quantitative estimate of drug-likeness (QED) is 0.845. The zero-order valence-corrected chi connectivity index (χ0v) is 12.0. The number of nitrogen functional groups attached to an aromatic ring is 1. The molecule has 0 aliphatic carbocycles. The van der Waals surface area contributed by atoms with Crippen molar-refractivity contribution in [3.63, 3.8) is 0 Å². The van der Waals surface area contributed by atoms with E-state index in [1.54, 1.807) is 0 Å². The maximum absolute atomic E-state index is 5.81. The van der Waals surface area contributed by atoms with Crippen LogP contribution in [0.3, 0.4) is 0 Å². The average Bonchev–Trinajstić information content (AvgIpc) is 2.36. The second-order valence-electron chi connectivity index (χ2n) is 3.98. The summed E-state index contributed by atoms with van der Waals surface area (Å²) in [5.41, 5.74) is 8.69. The van der Waals surface area contributed by atoms with Gasteiger partial charge in [0.2, 0.25) is 0 Å². The van der Waals surface area contributed by atoms with Crippen LogP contribution in [0.15, 0.2) is 46.9 Å². The fraction of sp³-hybridized carbons (Fsp3) is 0.143. The Kier molecular flexibility index (Phi) is 4.64. The molecule has 0 heterocycles. The van der Waals surface area contributed by atoms with Crippen LogP contribution in [0.2, 0.25) is 5.02 Å². The van der Waals surface area contributed by atoms with Gasteiger partial charge in [-0.15, -0.1) is 0 Å². The van der Waals surface area contributed by atoms with E-state index in [0.717, 1.165) is 26.3 Å². The SMILES string of the molecule is Nc1cc(COCc2ccc(Cl)cc2)ccc1Br. The van der Waals surface area contributed by atoms with Gasteiger partial charge in [0, 0.05) is 15.2 Å². The third-order valence-corrected chi connectivity index (χ3v) is 3.49. The van der Waals surface area contributed by atoms with E-state index in [1.165, 1.54) is 0 Å². The third-order valence-electron chi connectivity index (χ3n) is 2.51. The van der Waals surface area contributed by atoms with Crippen molar-refractivity contribution < 1.29 is 4.74 Å². The van der Waals surface area contributed by atoms with E-state index in [-0.39, 0.29) is 0 Å². The molecule has 0 saturated carbocycles. The van der Waals surface area contributed by atoms with Gasteiger partial charge in [-0.25, -0.2) is 0 Å². The molecule has 0 unspecified atom stereocenters. The Morgan fingerprint density at radius 3 is 2.28 bits per heavy atom. The monoisotopic (exact) mass is 325 g/mol. The molecule has 0 fully saturated rings. The summed E-state index contributed by atoms with van der Waals surface area (Å²) in [6.45, 7) is 1.10. The molecule has 0 amide bonds. The molecular formula is C14H13BrClNO. The maximum Gasteiger partial charge on any atom is 0.0722 e. The van der Waals surface area contributed by atoms with Gasteiger partial charge in [0.15, 0.2) is 0 Å². The Hall–Kier alpha value is -1.03. The summed E-state index contributed by atoms with van der Waals surface area (Å²) < 4.78 is 6.53. The van der Waals surface area contributed by atoms with Gasteiger partial charge in [0.05, 0.1) is 13.2 Å². The standard InChI is InChI=1S/C14H13BrClNO/c15-13-6-3-11(7-14(13)17)9-18-8-10-1-4-12(16)5-2-10/h1-7H,8-9,17H2. The summed E-state index contributed by atoms with van der Waals surface area (Å²) in [6.07, 6.45) is 0. The number of halogens is 2. The Bertz CT molecular complexity index is 528. The van der Waals surface area contributed by atoms with Gasteiger partial charge in [-0.2, -0.15) is 0 Å². The van der Waals surface area contributed by atoms with Gasteiger partial charge < -0.3 is 10.5 Å². The van der Waals surface area contributed by atoms with Crippen LogP contribution in [0, 0.1) is 0 Å². The Labute approximate surface area is 120 Å². The third kappa shape index (κ3) is 3.73. The highest BCUT2D eigenvalue weighted by atomic mass is 79.9. The highest BCUT2D eigenvalue weighted by molar-refractivity contribution is 9.10. The Balaban J connectivity index is 1.88. The van der Waals surface area contributed by atoms with Gasteiger partial charge >= 0.3 is 0 Å². The zero-order chi connectivity index (χ0) is 13.0. The number of benzene rings is 2. The van der Waals surface area contributed by atoms with Gasteiger partial charge in [0.1, 0.15) is 0 Å². The van der Waals surface area contributed by atoms with Gasteiger partial charge in [0.25, 0.3) is 0 Å². The molecule has 0 saturated heterocycles. The van der Waals surface area contributed by atoms with Crippen molar-refractivity contribution in [2.75, 3.05) is 5.73 Å². The number of nitrogens with two attached hydrogens (primary N) is 1. The normalized spacial score (nSPS) is 10.6. The van der Waals surface area contributed by atoms with Crippen molar-refractivity contribution in [1.29, 1.82) is 0 Å². The van der Waals surface area contributed by atoms with Crippen LogP contribution in [0.5, 0.6) is 0 Å². The zero-order valence-electron chi connectivity index (χ0n) is 9.70. The summed E-state index contributed by atoms with van der Waals surface area (Å²) in [5, 5.41) is 0.736. The second-order valence-corrected chi connectivity index (χ2v) is 5.27. The number of rotatable bonds is 4. The fourth-order valence-corrected chi connectivity index (χ4v) is 1.92. The minimum Gasteiger partial charge on any atom is -0.398 e. The molecule has 2 aromatic rings. The summed E-state index contributed by atoms with van der Waals surface area (Å²) in [5.74, 6) is 0. The molecule has 4 heteroatoms. The molecule has 0 aliphatic heterocycles. The van der Waals surface area contributed by atoms with Crippen LogP contribution in [0.1, 0.15) is 11.1 Å². The van der Waals surface area contributed by atoms with Crippen LogP contribution >= 0.6 is 27.5 Å². The molecule has 2 nitrogen and oxygen atoms in total. The van der Waals surface area contributed by atoms with Crippen LogP contribution in [0.4, 0.5) is 5.69 Å². The average molecular weight is 327 g/mol. The van der Waals surface area contributed by atoms with E-state index in [0.29, 0.717) is 13.2 Å². The van der Waals surface area contributed by atoms with E-state index in [2.05, 4.69) is 15.9 Å². The number of ether oxygens (including phenoxy) is 1. The highest BCUT2D eigenvalue weighted by Gasteiger charge is 1.99. The lowest BCUT2D eigenvalue weighted by atomic mass is 10.2. The van der Waals surface area contributed by atoms with Crippen molar-refractivity contribution in [2.45, 2.75) is 13.2 Å². The number of hydrogen-bond acceptors (Lipinski definition) is 2. The molecule has 94 valence electrons. The predicted octanol–water partition coefficient (Wildman–Crippen LogP) is 4.40. The lowest BCUT2D eigenvalue weighted by Crippen LogP contribution is -1.96. The Morgan fingerprint density at radius 1 is 1.00 bits per heavy atom. The summed E-state index contributed by atoms with van der Waals surface area (Å²) >= 11 is 9.18. The lowest BCUT2D eigenvalue weighted by Gasteiger charge is -2.06. The van der Waals surface area contributed by atoms with Crippen LogP contribution in [-0.4, -0.2) is 0 Å². The molecule has 2 aromatic carbocycles. The second kappa shape index (κ2) is 6.23. The molecule has 0 atom stereocenters. The lowest BCUT2D eigenvalue weighted by molar-refractivity contribution is 0.107. The van der Waals surface area contributed by atoms with Crippen LogP contribution < -0.4 is 5.73 Å². The predicted molar refractivity (Wildman–Crippen MR) is 78.5 cm³/mol. The van der Waals surface area contributed by atoms with E-state index < -0.39 is 0 Å². The fourth-order valence-electron chi connectivity index (χ4n) is 1.55. The molecule has 0 aromatic heterocycles. The first-order valence-corrected chi connectivity index (χ1v) is 6.68. The molecular weight excluding hydrogens is 314 g/mol. The van der Waals surface area contributed by atoms with E-state index in [9.17, 15) is 0 Å². The van der Waals surface area contributed by atoms with Crippen LogP contribution in [-0.2, 0) is 18.0 Å². The minimum atomic E-state index is 0.542. The largest absolute Gasteiger partial charge is 0.398 e. The van der Waals surface area contributed by atoms with E-state index in [4.69, 9.17) is 22.1 Å². The first-order chi connectivity index (χ1) is 8.65. The van der Waals surface area contributed by atoms with Gasteiger partial charge in [-0.3, -0.25) is 0 Å². The molecule has 0 radical (unpaired) electrons. The van der Waals surface area contributed by atoms with Crippen molar-refractivity contribution in [3.8, 4) is 0 Å². The van der Waals surface area contributed by atoms with Gasteiger partial charge in [-0.05, 0) is 51.3 Å². The summed E-state index contributed by atoms with van der Waals surface area (Å²) in [7, 11) is 0. The summed E-state index contributed by atoms with van der Waals surface area (Å²) in [6, 6.07) is 13.5. The van der Waals surface area contributed by atoms with E-state index >= 15 is 0 Å². The Morgan fingerprint density at radius 2 is 1.61 bits per heavy atom. The first kappa shape index (κ1) is 13.4. The van der Waals surface area contributed by atoms with E-state index in [1.807, 2.05) is 42.5 Å². The van der Waals surface area contributed by atoms with Gasteiger partial charge in [-0.1, -0.05) is 29.8 Å². The molecule has 2 rings (SSSR count). The topological polar surface area (TPSA) is 35.2 Å². The number of hydrogen-bond donors (Lipinski definition) is 1. The van der Waals surface area contributed by atoms with Crippen molar-refractivity contribution >= 4 is 33.2 Å². The molecule has 0 spiro atoms. The molecule has 0 aliphatic rings. The summed E-state index contributed by atoms with van der Waals surface area (Å²) in [4.78, 5) is 0. The molecule has 2 N–H and O–H groups in total.